The molecule has 8 nitrogen and oxygen atoms in total. The van der Waals surface area contributed by atoms with Crippen molar-refractivity contribution in [3.8, 4) is 11.1 Å². The summed E-state index contributed by atoms with van der Waals surface area (Å²) in [5, 5.41) is 21.1. The van der Waals surface area contributed by atoms with Crippen molar-refractivity contribution in [2.24, 2.45) is 5.92 Å². The largest absolute Gasteiger partial charge is 0.480 e. The van der Waals surface area contributed by atoms with Crippen LogP contribution in [-0.4, -0.2) is 65.4 Å². The van der Waals surface area contributed by atoms with Gasteiger partial charge in [-0.1, -0.05) is 55.0 Å². The summed E-state index contributed by atoms with van der Waals surface area (Å²) in [6.45, 7) is -0.544. The molecule has 2 amide bonds. The van der Waals surface area contributed by atoms with Crippen LogP contribution in [0.1, 0.15) is 42.7 Å². The van der Waals surface area contributed by atoms with Crippen molar-refractivity contribution in [2.75, 3.05) is 26.3 Å². The Morgan fingerprint density at radius 3 is 2.26 bits per heavy atom. The lowest BCUT2D eigenvalue weighted by Crippen LogP contribution is -2.46. The third-order valence-electron chi connectivity index (χ3n) is 6.70. The second kappa shape index (κ2) is 10.7. The van der Waals surface area contributed by atoms with E-state index in [9.17, 15) is 19.5 Å². The normalized spacial score (nSPS) is 19.1. The standard InChI is InChI=1S/C26H30N2O6/c29-13-12-28(15-24(30)31)25(32)17-6-5-7-18(14-17)27-26(33)34-16-23-21-10-3-1-8-19(21)20-9-2-4-11-22(20)23/h1-4,8-11,17-18,23,29H,5-7,12-16H2,(H,27,33)(H,30,31)/t17-,18+/m0/s1. The highest BCUT2D eigenvalue weighted by Gasteiger charge is 2.33. The van der Waals surface area contributed by atoms with Crippen LogP contribution >= 0.6 is 0 Å². The highest BCUT2D eigenvalue weighted by Crippen LogP contribution is 2.44. The zero-order chi connectivity index (χ0) is 24.1. The van der Waals surface area contributed by atoms with Gasteiger partial charge >= 0.3 is 12.1 Å². The zero-order valence-electron chi connectivity index (χ0n) is 19.0. The number of fused-ring (bicyclic) bond motifs is 3. The fraction of sp³-hybridized carbons (Fsp3) is 0.423. The lowest BCUT2D eigenvalue weighted by atomic mass is 9.85. The Balaban J connectivity index is 1.34. The van der Waals surface area contributed by atoms with Gasteiger partial charge < -0.3 is 25.2 Å². The van der Waals surface area contributed by atoms with E-state index in [1.54, 1.807) is 0 Å². The summed E-state index contributed by atoms with van der Waals surface area (Å²) in [4.78, 5) is 37.6. The molecular weight excluding hydrogens is 436 g/mol. The Kier molecular flexibility index (Phi) is 7.47. The molecule has 0 radical (unpaired) electrons. The van der Waals surface area contributed by atoms with E-state index in [4.69, 9.17) is 9.84 Å². The van der Waals surface area contributed by atoms with Crippen LogP contribution in [0.15, 0.2) is 48.5 Å². The summed E-state index contributed by atoms with van der Waals surface area (Å²) < 4.78 is 5.62. The zero-order valence-corrected chi connectivity index (χ0v) is 19.0. The molecule has 2 aliphatic rings. The van der Waals surface area contributed by atoms with Gasteiger partial charge in [-0.05, 0) is 41.5 Å². The van der Waals surface area contributed by atoms with Gasteiger partial charge in [0.15, 0.2) is 0 Å². The number of rotatable bonds is 8. The maximum atomic E-state index is 12.8. The van der Waals surface area contributed by atoms with Crippen molar-refractivity contribution < 1.29 is 29.3 Å². The molecule has 2 aromatic rings. The Morgan fingerprint density at radius 1 is 1.00 bits per heavy atom. The first-order valence-corrected chi connectivity index (χ1v) is 11.7. The van der Waals surface area contributed by atoms with Crippen molar-refractivity contribution in [1.29, 1.82) is 0 Å². The number of aliphatic hydroxyl groups excluding tert-OH is 1. The first kappa shape index (κ1) is 23.8. The van der Waals surface area contributed by atoms with Crippen molar-refractivity contribution in [1.82, 2.24) is 10.2 Å². The quantitative estimate of drug-likeness (QED) is 0.551. The van der Waals surface area contributed by atoms with E-state index in [-0.39, 0.29) is 37.6 Å². The minimum Gasteiger partial charge on any atom is -0.480 e. The SMILES string of the molecule is O=C(O)CN(CCO)C(=O)[C@H]1CCC[C@@H](NC(=O)OCC2c3ccccc3-c3ccccc32)C1. The van der Waals surface area contributed by atoms with E-state index in [1.807, 2.05) is 24.3 Å². The number of nitrogens with zero attached hydrogens (tertiary/aromatic N) is 1. The summed E-state index contributed by atoms with van der Waals surface area (Å²) in [7, 11) is 0. The van der Waals surface area contributed by atoms with E-state index >= 15 is 0 Å². The fourth-order valence-electron chi connectivity index (χ4n) is 5.16. The molecule has 0 spiro atoms. The van der Waals surface area contributed by atoms with E-state index in [0.717, 1.165) is 35.1 Å². The predicted octanol–water partition coefficient (Wildman–Crippen LogP) is 2.99. The highest BCUT2D eigenvalue weighted by molar-refractivity contribution is 5.83. The first-order chi connectivity index (χ1) is 16.5. The molecule has 34 heavy (non-hydrogen) atoms. The number of benzene rings is 2. The van der Waals surface area contributed by atoms with Gasteiger partial charge in [0, 0.05) is 24.4 Å². The summed E-state index contributed by atoms with van der Waals surface area (Å²) >= 11 is 0. The molecule has 0 aromatic heterocycles. The second-order valence-electron chi connectivity index (χ2n) is 8.91. The number of aliphatic carboxylic acids is 1. The number of nitrogens with one attached hydrogen (secondary N) is 1. The number of hydrogen-bond donors (Lipinski definition) is 3. The summed E-state index contributed by atoms with van der Waals surface area (Å²) in [6, 6.07) is 16.1. The van der Waals surface area contributed by atoms with Gasteiger partial charge in [0.2, 0.25) is 5.91 Å². The predicted molar refractivity (Wildman–Crippen MR) is 125 cm³/mol. The Hall–Kier alpha value is -3.39. The van der Waals surface area contributed by atoms with E-state index in [1.165, 1.54) is 4.90 Å². The highest BCUT2D eigenvalue weighted by atomic mass is 16.5. The number of amides is 2. The van der Waals surface area contributed by atoms with Crippen molar-refractivity contribution in [2.45, 2.75) is 37.6 Å². The van der Waals surface area contributed by atoms with E-state index in [2.05, 4.69) is 29.6 Å². The molecule has 4 rings (SSSR count). The molecule has 0 aliphatic heterocycles. The number of ether oxygens (including phenoxy) is 1. The van der Waals surface area contributed by atoms with Gasteiger partial charge in [-0.2, -0.15) is 0 Å². The maximum Gasteiger partial charge on any atom is 0.407 e. The molecule has 0 unspecified atom stereocenters. The molecule has 8 heteroatoms. The molecular formula is C26H30N2O6. The van der Waals surface area contributed by atoms with Crippen LogP contribution in [-0.2, 0) is 14.3 Å². The van der Waals surface area contributed by atoms with Crippen molar-refractivity contribution >= 4 is 18.0 Å². The van der Waals surface area contributed by atoms with Crippen molar-refractivity contribution in [3.05, 3.63) is 59.7 Å². The molecule has 180 valence electrons. The van der Waals surface area contributed by atoms with Crippen LogP contribution in [0.2, 0.25) is 0 Å². The smallest absolute Gasteiger partial charge is 0.407 e. The topological polar surface area (TPSA) is 116 Å². The van der Waals surface area contributed by atoms with Crippen LogP contribution < -0.4 is 5.32 Å². The molecule has 1 saturated carbocycles. The molecule has 2 atom stereocenters. The van der Waals surface area contributed by atoms with Crippen LogP contribution in [0.4, 0.5) is 4.79 Å². The Bertz CT molecular complexity index is 1010. The minimum atomic E-state index is -1.12. The van der Waals surface area contributed by atoms with Crippen LogP contribution in [0.3, 0.4) is 0 Å². The average Bonchev–Trinajstić information content (AvgIpc) is 3.16. The van der Waals surface area contributed by atoms with Gasteiger partial charge in [0.1, 0.15) is 13.2 Å². The fourth-order valence-corrected chi connectivity index (χ4v) is 5.16. The first-order valence-electron chi connectivity index (χ1n) is 11.7. The monoisotopic (exact) mass is 466 g/mol. The lowest BCUT2D eigenvalue weighted by Gasteiger charge is -2.32. The van der Waals surface area contributed by atoms with Gasteiger partial charge in [0.05, 0.1) is 6.61 Å². The number of aliphatic hydroxyl groups is 1. The average molecular weight is 467 g/mol. The Morgan fingerprint density at radius 2 is 1.65 bits per heavy atom. The van der Waals surface area contributed by atoms with Gasteiger partial charge in [-0.15, -0.1) is 0 Å². The summed E-state index contributed by atoms with van der Waals surface area (Å²) in [6.07, 6.45) is 2.00. The second-order valence-corrected chi connectivity index (χ2v) is 8.91. The molecule has 0 bridgehead atoms. The van der Waals surface area contributed by atoms with Gasteiger partial charge in [-0.25, -0.2) is 4.79 Å². The minimum absolute atomic E-state index is 0.0217. The number of carbonyl (C=O) groups is 3. The number of hydrogen-bond acceptors (Lipinski definition) is 5. The van der Waals surface area contributed by atoms with Crippen molar-refractivity contribution in [3.63, 3.8) is 0 Å². The summed E-state index contributed by atoms with van der Waals surface area (Å²) in [5.74, 6) is -1.83. The number of alkyl carbamates (subject to hydrolysis) is 1. The number of carbonyl (C=O) groups excluding carboxylic acids is 2. The molecule has 2 aromatic carbocycles. The van der Waals surface area contributed by atoms with Gasteiger partial charge in [0.25, 0.3) is 0 Å². The third-order valence-corrected chi connectivity index (χ3v) is 6.70. The number of carboxylic acids is 1. The summed E-state index contributed by atoms with van der Waals surface area (Å²) in [5.41, 5.74) is 4.61. The lowest BCUT2D eigenvalue weighted by molar-refractivity contribution is -0.147. The van der Waals surface area contributed by atoms with E-state index < -0.39 is 24.5 Å². The molecule has 0 heterocycles. The van der Waals surface area contributed by atoms with Gasteiger partial charge in [-0.3, -0.25) is 9.59 Å². The third kappa shape index (κ3) is 5.22. The molecule has 2 aliphatic carbocycles. The maximum absolute atomic E-state index is 12.8. The molecule has 0 saturated heterocycles. The molecule has 1 fully saturated rings. The Labute approximate surface area is 198 Å². The molecule has 3 N–H and O–H groups in total. The van der Waals surface area contributed by atoms with Crippen LogP contribution in [0, 0.1) is 5.92 Å². The van der Waals surface area contributed by atoms with Crippen LogP contribution in [0.5, 0.6) is 0 Å². The van der Waals surface area contributed by atoms with E-state index in [0.29, 0.717) is 12.8 Å². The van der Waals surface area contributed by atoms with Crippen LogP contribution in [0.25, 0.3) is 11.1 Å². The number of carboxylic acid groups (broad SMARTS) is 1.